The first kappa shape index (κ1) is 17.9. The largest absolute Gasteiger partial charge is 0.416 e. The van der Waals surface area contributed by atoms with E-state index in [9.17, 15) is 13.2 Å². The van der Waals surface area contributed by atoms with Gasteiger partial charge in [-0.05, 0) is 36.6 Å². The van der Waals surface area contributed by atoms with E-state index in [0.717, 1.165) is 24.5 Å². The molecule has 1 saturated heterocycles. The average Bonchev–Trinajstić information content (AvgIpc) is 2.67. The van der Waals surface area contributed by atoms with Crippen LogP contribution in [0.5, 0.6) is 0 Å². The summed E-state index contributed by atoms with van der Waals surface area (Å²) in [6.07, 6.45) is -3.33. The van der Waals surface area contributed by atoms with Gasteiger partial charge < -0.3 is 10.1 Å². The summed E-state index contributed by atoms with van der Waals surface area (Å²) >= 11 is 0. The third-order valence-corrected chi connectivity index (χ3v) is 5.45. The average molecular weight is 372 g/mol. The van der Waals surface area contributed by atoms with Gasteiger partial charge in [-0.3, -0.25) is 0 Å². The molecule has 0 radical (unpaired) electrons. The quantitative estimate of drug-likeness (QED) is 0.744. The molecule has 2 aromatic rings. The van der Waals surface area contributed by atoms with E-state index in [1.54, 1.807) is 0 Å². The monoisotopic (exact) mass is 372 g/mol. The zero-order chi connectivity index (χ0) is 19.0. The van der Waals surface area contributed by atoms with Crippen LogP contribution in [-0.4, -0.2) is 6.10 Å². The highest BCUT2D eigenvalue weighted by Crippen LogP contribution is 2.51. The van der Waals surface area contributed by atoms with E-state index < -0.39 is 17.8 Å². The third-order valence-electron chi connectivity index (χ3n) is 5.45. The van der Waals surface area contributed by atoms with E-state index in [-0.39, 0.29) is 24.5 Å². The minimum atomic E-state index is -4.40. The fourth-order valence-electron chi connectivity index (χ4n) is 4.17. The fourth-order valence-corrected chi connectivity index (χ4v) is 4.17. The van der Waals surface area contributed by atoms with Gasteiger partial charge in [0, 0.05) is 17.2 Å². The SMILES string of the molecule is N#CC[C@H]1CC[C@@H]2[C@H](O1)c1cc(C(F)(F)F)ccc1N[C@H]2c1ccccc1. The van der Waals surface area contributed by atoms with Gasteiger partial charge >= 0.3 is 6.18 Å². The molecule has 0 saturated carbocycles. The maximum Gasteiger partial charge on any atom is 0.416 e. The van der Waals surface area contributed by atoms with Crippen molar-refractivity contribution < 1.29 is 17.9 Å². The summed E-state index contributed by atoms with van der Waals surface area (Å²) in [6.45, 7) is 0. The van der Waals surface area contributed by atoms with Crippen molar-refractivity contribution in [3.8, 4) is 6.07 Å². The minimum absolute atomic E-state index is 0.0123. The second-order valence-corrected chi connectivity index (χ2v) is 7.11. The molecule has 0 bridgehead atoms. The molecule has 4 atom stereocenters. The number of anilines is 1. The Kier molecular flexibility index (Phi) is 4.56. The number of fused-ring (bicyclic) bond motifs is 3. The molecule has 4 rings (SSSR count). The van der Waals surface area contributed by atoms with E-state index in [1.165, 1.54) is 12.1 Å². The highest BCUT2D eigenvalue weighted by molar-refractivity contribution is 5.58. The minimum Gasteiger partial charge on any atom is -0.378 e. The number of benzene rings is 2. The van der Waals surface area contributed by atoms with Crippen molar-refractivity contribution in [1.29, 1.82) is 5.26 Å². The first-order valence-corrected chi connectivity index (χ1v) is 9.02. The van der Waals surface area contributed by atoms with Crippen LogP contribution in [0.2, 0.25) is 0 Å². The summed E-state index contributed by atoms with van der Waals surface area (Å²) in [6, 6.07) is 15.7. The van der Waals surface area contributed by atoms with E-state index in [4.69, 9.17) is 10.00 Å². The van der Waals surface area contributed by atoms with Gasteiger partial charge in [0.05, 0.1) is 36.3 Å². The van der Waals surface area contributed by atoms with Gasteiger partial charge in [-0.2, -0.15) is 18.4 Å². The van der Waals surface area contributed by atoms with Crippen molar-refractivity contribution in [2.24, 2.45) is 5.92 Å². The van der Waals surface area contributed by atoms with Crippen molar-refractivity contribution in [1.82, 2.24) is 0 Å². The Balaban J connectivity index is 1.76. The lowest BCUT2D eigenvalue weighted by molar-refractivity contribution is -0.138. The predicted octanol–water partition coefficient (Wildman–Crippen LogP) is 5.62. The van der Waals surface area contributed by atoms with Gasteiger partial charge in [0.25, 0.3) is 0 Å². The van der Waals surface area contributed by atoms with Crippen LogP contribution in [0.15, 0.2) is 48.5 Å². The first-order valence-electron chi connectivity index (χ1n) is 9.02. The summed E-state index contributed by atoms with van der Waals surface area (Å²) in [4.78, 5) is 0. The lowest BCUT2D eigenvalue weighted by Crippen LogP contribution is -2.39. The van der Waals surface area contributed by atoms with Gasteiger partial charge in [-0.25, -0.2) is 0 Å². The van der Waals surface area contributed by atoms with Crippen molar-refractivity contribution >= 4 is 5.69 Å². The second kappa shape index (κ2) is 6.90. The number of ether oxygens (including phenoxy) is 1. The van der Waals surface area contributed by atoms with Gasteiger partial charge in [0.2, 0.25) is 0 Å². The molecule has 3 nitrogen and oxygen atoms in total. The molecular formula is C21H19F3N2O. The topological polar surface area (TPSA) is 45.0 Å². The number of rotatable bonds is 2. The zero-order valence-corrected chi connectivity index (χ0v) is 14.5. The van der Waals surface area contributed by atoms with Crippen LogP contribution in [0.3, 0.4) is 0 Å². The molecule has 0 amide bonds. The van der Waals surface area contributed by atoms with Crippen LogP contribution in [0, 0.1) is 17.2 Å². The molecular weight excluding hydrogens is 353 g/mol. The number of nitrogens with one attached hydrogen (secondary N) is 1. The Morgan fingerprint density at radius 2 is 1.89 bits per heavy atom. The number of nitrogens with zero attached hydrogens (tertiary/aromatic N) is 1. The molecule has 27 heavy (non-hydrogen) atoms. The molecule has 0 unspecified atom stereocenters. The Morgan fingerprint density at radius 1 is 1.11 bits per heavy atom. The Labute approximate surface area is 155 Å². The number of alkyl halides is 3. The smallest absolute Gasteiger partial charge is 0.378 e. The lowest BCUT2D eigenvalue weighted by Gasteiger charge is -2.45. The Bertz CT molecular complexity index is 860. The van der Waals surface area contributed by atoms with Crippen molar-refractivity contribution in [3.63, 3.8) is 0 Å². The third kappa shape index (κ3) is 3.40. The Morgan fingerprint density at radius 3 is 2.59 bits per heavy atom. The highest BCUT2D eigenvalue weighted by Gasteiger charge is 2.43. The van der Waals surface area contributed by atoms with Crippen LogP contribution in [0.25, 0.3) is 0 Å². The number of halogens is 3. The van der Waals surface area contributed by atoms with Gasteiger partial charge in [-0.15, -0.1) is 0 Å². The lowest BCUT2D eigenvalue weighted by atomic mass is 9.76. The number of hydrogen-bond donors (Lipinski definition) is 1. The summed E-state index contributed by atoms with van der Waals surface area (Å²) in [7, 11) is 0. The zero-order valence-electron chi connectivity index (χ0n) is 14.5. The van der Waals surface area contributed by atoms with Crippen LogP contribution in [0.4, 0.5) is 18.9 Å². The second-order valence-electron chi connectivity index (χ2n) is 7.11. The molecule has 140 valence electrons. The molecule has 2 aliphatic rings. The van der Waals surface area contributed by atoms with E-state index in [2.05, 4.69) is 11.4 Å². The van der Waals surface area contributed by atoms with Gasteiger partial charge in [0.1, 0.15) is 0 Å². The molecule has 6 heteroatoms. The number of hydrogen-bond acceptors (Lipinski definition) is 3. The van der Waals surface area contributed by atoms with Crippen molar-refractivity contribution in [2.45, 2.75) is 43.7 Å². The summed E-state index contributed by atoms with van der Waals surface area (Å²) in [5, 5.41) is 12.4. The molecule has 2 aromatic carbocycles. The molecule has 0 aliphatic carbocycles. The van der Waals surface area contributed by atoms with Gasteiger partial charge in [-0.1, -0.05) is 30.3 Å². The molecule has 0 spiro atoms. The summed E-state index contributed by atoms with van der Waals surface area (Å²) in [5.74, 6) is 0.0123. The molecule has 1 fully saturated rings. The van der Waals surface area contributed by atoms with E-state index in [1.807, 2.05) is 30.3 Å². The van der Waals surface area contributed by atoms with Crippen LogP contribution in [-0.2, 0) is 10.9 Å². The molecule has 0 aromatic heterocycles. The van der Waals surface area contributed by atoms with E-state index >= 15 is 0 Å². The Hall–Kier alpha value is -2.52. The van der Waals surface area contributed by atoms with Crippen LogP contribution < -0.4 is 5.32 Å². The fraction of sp³-hybridized carbons (Fsp3) is 0.381. The van der Waals surface area contributed by atoms with Crippen molar-refractivity contribution in [2.75, 3.05) is 5.32 Å². The van der Waals surface area contributed by atoms with Crippen LogP contribution in [0.1, 0.15) is 48.1 Å². The van der Waals surface area contributed by atoms with Crippen LogP contribution >= 0.6 is 0 Å². The molecule has 2 aliphatic heterocycles. The van der Waals surface area contributed by atoms with E-state index in [0.29, 0.717) is 11.3 Å². The number of nitriles is 1. The normalized spacial score (nSPS) is 27.0. The molecule has 2 heterocycles. The summed E-state index contributed by atoms with van der Waals surface area (Å²) in [5.41, 5.74) is 1.60. The maximum absolute atomic E-state index is 13.2. The van der Waals surface area contributed by atoms with Crippen molar-refractivity contribution in [3.05, 3.63) is 65.2 Å². The first-order chi connectivity index (χ1) is 13.0. The summed E-state index contributed by atoms with van der Waals surface area (Å²) < 4.78 is 45.8. The highest BCUT2D eigenvalue weighted by atomic mass is 19.4. The van der Waals surface area contributed by atoms with Gasteiger partial charge in [0.15, 0.2) is 0 Å². The molecule has 1 N–H and O–H groups in total. The standard InChI is InChI=1S/C21H19F3N2O/c22-21(23,24)14-6-9-18-17(12-14)20-16(8-7-15(27-20)10-11-25)19(26-18)13-4-2-1-3-5-13/h1-6,9,12,15-16,19-20,26H,7-8,10H2/t15-,16+,19+,20+/m1/s1. The predicted molar refractivity (Wildman–Crippen MR) is 94.8 cm³/mol. The maximum atomic E-state index is 13.2.